The third kappa shape index (κ3) is 5.59. The zero-order valence-electron chi connectivity index (χ0n) is 12.7. The van der Waals surface area contributed by atoms with Gasteiger partial charge >= 0.3 is 5.97 Å². The van der Waals surface area contributed by atoms with E-state index >= 15 is 0 Å². The Labute approximate surface area is 139 Å². The molecule has 0 saturated carbocycles. The minimum Gasteiger partial charge on any atom is -0.481 e. The van der Waals surface area contributed by atoms with Gasteiger partial charge in [0.1, 0.15) is 0 Å². The number of carboxylic acid groups (broad SMARTS) is 1. The van der Waals surface area contributed by atoms with Crippen LogP contribution in [0.2, 0.25) is 0 Å². The summed E-state index contributed by atoms with van der Waals surface area (Å²) in [5.41, 5.74) is 1.05. The summed E-state index contributed by atoms with van der Waals surface area (Å²) < 4.78 is 0. The van der Waals surface area contributed by atoms with Crippen molar-refractivity contribution in [3.63, 3.8) is 0 Å². The quantitative estimate of drug-likeness (QED) is 0.691. The van der Waals surface area contributed by atoms with Gasteiger partial charge in [0.05, 0.1) is 11.7 Å². The van der Waals surface area contributed by atoms with E-state index in [-0.39, 0.29) is 29.9 Å². The summed E-state index contributed by atoms with van der Waals surface area (Å²) in [6.07, 6.45) is 0.237. The first-order valence-corrected chi connectivity index (χ1v) is 8.60. The van der Waals surface area contributed by atoms with Gasteiger partial charge in [-0.15, -0.1) is 11.8 Å². The Kier molecular flexibility index (Phi) is 6.46. The molecule has 6 nitrogen and oxygen atoms in total. The summed E-state index contributed by atoms with van der Waals surface area (Å²) in [5.74, 6) is -0.747. The zero-order chi connectivity index (χ0) is 16.7. The molecule has 7 heteroatoms. The number of hydrogen-bond donors (Lipinski definition) is 2. The van der Waals surface area contributed by atoms with Crippen LogP contribution in [0.15, 0.2) is 30.3 Å². The molecular weight excluding hydrogens is 316 g/mol. The van der Waals surface area contributed by atoms with Crippen molar-refractivity contribution in [3.05, 3.63) is 35.9 Å². The summed E-state index contributed by atoms with van der Waals surface area (Å²) in [4.78, 5) is 36.2. The summed E-state index contributed by atoms with van der Waals surface area (Å²) in [6, 6.07) is 9.69. The van der Waals surface area contributed by atoms with E-state index in [9.17, 15) is 14.4 Å². The van der Waals surface area contributed by atoms with Crippen LogP contribution in [-0.2, 0) is 20.9 Å². The van der Waals surface area contributed by atoms with Gasteiger partial charge in [-0.2, -0.15) is 0 Å². The predicted molar refractivity (Wildman–Crippen MR) is 87.9 cm³/mol. The summed E-state index contributed by atoms with van der Waals surface area (Å²) in [6.45, 7) is 1.37. The van der Waals surface area contributed by atoms with Crippen LogP contribution in [0.5, 0.6) is 0 Å². The molecule has 0 aliphatic carbocycles. The Balaban J connectivity index is 1.73. The molecule has 1 unspecified atom stereocenters. The lowest BCUT2D eigenvalue weighted by atomic mass is 10.1. The highest BCUT2D eigenvalue weighted by atomic mass is 32.2. The van der Waals surface area contributed by atoms with Crippen LogP contribution < -0.4 is 5.32 Å². The van der Waals surface area contributed by atoms with Crippen molar-refractivity contribution < 1.29 is 19.5 Å². The summed E-state index contributed by atoms with van der Waals surface area (Å²) >= 11 is 1.26. The van der Waals surface area contributed by atoms with Crippen molar-refractivity contribution in [2.75, 3.05) is 24.6 Å². The van der Waals surface area contributed by atoms with Crippen molar-refractivity contribution >= 4 is 29.5 Å². The molecule has 0 spiro atoms. The number of benzene rings is 1. The number of carbonyl (C=O) groups excluding carboxylic acids is 2. The molecule has 124 valence electrons. The largest absolute Gasteiger partial charge is 0.481 e. The van der Waals surface area contributed by atoms with Gasteiger partial charge in [-0.3, -0.25) is 14.4 Å². The van der Waals surface area contributed by atoms with Crippen LogP contribution in [0.1, 0.15) is 12.0 Å². The van der Waals surface area contributed by atoms with Crippen LogP contribution >= 0.6 is 11.8 Å². The molecule has 23 heavy (non-hydrogen) atoms. The lowest BCUT2D eigenvalue weighted by Gasteiger charge is -2.16. The number of thioether (sulfide) groups is 1. The van der Waals surface area contributed by atoms with Crippen LogP contribution in [0.25, 0.3) is 0 Å². The van der Waals surface area contributed by atoms with Crippen LogP contribution in [-0.4, -0.2) is 52.4 Å². The van der Waals surface area contributed by atoms with Crippen LogP contribution in [0.4, 0.5) is 0 Å². The van der Waals surface area contributed by atoms with E-state index < -0.39 is 5.97 Å². The number of hydrogen-bond acceptors (Lipinski definition) is 4. The second-order valence-electron chi connectivity index (χ2n) is 5.40. The minimum atomic E-state index is -0.862. The van der Waals surface area contributed by atoms with Gasteiger partial charge in [-0.25, -0.2) is 0 Å². The van der Waals surface area contributed by atoms with Crippen LogP contribution in [0, 0.1) is 5.92 Å². The van der Waals surface area contributed by atoms with Crippen molar-refractivity contribution in [3.8, 4) is 0 Å². The zero-order valence-corrected chi connectivity index (χ0v) is 13.6. The molecule has 1 saturated heterocycles. The lowest BCUT2D eigenvalue weighted by molar-refractivity contribution is -0.134. The number of nitrogens with zero attached hydrogens (tertiary/aromatic N) is 1. The molecule has 1 aromatic rings. The first-order valence-electron chi connectivity index (χ1n) is 7.45. The number of carboxylic acids is 1. The minimum absolute atomic E-state index is 0.00532. The number of likely N-dealkylation sites (tertiary alicyclic amines) is 1. The molecule has 1 aliphatic rings. The molecular formula is C16H20N2O4S. The summed E-state index contributed by atoms with van der Waals surface area (Å²) in [5, 5.41) is 11.3. The number of aliphatic carboxylic acids is 1. The van der Waals surface area contributed by atoms with Gasteiger partial charge in [-0.1, -0.05) is 30.3 Å². The molecule has 2 rings (SSSR count). The van der Waals surface area contributed by atoms with Crippen molar-refractivity contribution in [1.29, 1.82) is 0 Å². The monoisotopic (exact) mass is 336 g/mol. The first kappa shape index (κ1) is 17.3. The maximum atomic E-state index is 12.1. The fourth-order valence-electron chi connectivity index (χ4n) is 2.45. The average Bonchev–Trinajstić information content (AvgIpc) is 2.88. The Bertz CT molecular complexity index is 564. The van der Waals surface area contributed by atoms with E-state index in [4.69, 9.17) is 5.11 Å². The van der Waals surface area contributed by atoms with E-state index in [1.807, 2.05) is 30.3 Å². The second kappa shape index (κ2) is 8.57. The fraction of sp³-hybridized carbons (Fsp3) is 0.438. The molecule has 1 aromatic carbocycles. The second-order valence-corrected chi connectivity index (χ2v) is 6.50. The smallest absolute Gasteiger partial charge is 0.313 e. The molecule has 1 atom stereocenters. The normalized spacial score (nSPS) is 17.3. The van der Waals surface area contributed by atoms with E-state index in [0.717, 1.165) is 5.56 Å². The van der Waals surface area contributed by atoms with E-state index in [2.05, 4.69) is 5.32 Å². The maximum absolute atomic E-state index is 12.1. The highest BCUT2D eigenvalue weighted by Crippen LogP contribution is 2.20. The molecule has 1 aliphatic heterocycles. The van der Waals surface area contributed by atoms with Gasteiger partial charge < -0.3 is 15.3 Å². The van der Waals surface area contributed by atoms with Crippen molar-refractivity contribution in [1.82, 2.24) is 10.2 Å². The predicted octanol–water partition coefficient (Wildman–Crippen LogP) is 0.969. The Morgan fingerprint density at radius 2 is 2.04 bits per heavy atom. The van der Waals surface area contributed by atoms with Gasteiger partial charge in [0.15, 0.2) is 0 Å². The van der Waals surface area contributed by atoms with Gasteiger partial charge in [0.25, 0.3) is 0 Å². The van der Waals surface area contributed by atoms with Crippen molar-refractivity contribution in [2.24, 2.45) is 5.92 Å². The molecule has 2 amide bonds. The first-order chi connectivity index (χ1) is 11.1. The highest BCUT2D eigenvalue weighted by Gasteiger charge is 2.33. The molecule has 0 aromatic heterocycles. The average molecular weight is 336 g/mol. The molecule has 1 heterocycles. The molecule has 0 bridgehead atoms. The number of rotatable bonds is 8. The lowest BCUT2D eigenvalue weighted by Crippen LogP contribution is -2.34. The molecule has 2 N–H and O–H groups in total. The standard InChI is InChI=1S/C16H20N2O4S/c19-14-8-13(16(22)17-6-7-23-11-15(20)21)10-18(14)9-12-4-2-1-3-5-12/h1-5,13H,6-11H2,(H,17,22)(H,20,21). The van der Waals surface area contributed by atoms with Gasteiger partial charge in [0, 0.05) is 31.8 Å². The SMILES string of the molecule is O=C(O)CSCCNC(=O)C1CC(=O)N(Cc2ccccc2)C1. The van der Waals surface area contributed by atoms with E-state index in [0.29, 0.717) is 25.4 Å². The topological polar surface area (TPSA) is 86.7 Å². The van der Waals surface area contributed by atoms with Gasteiger partial charge in [-0.05, 0) is 5.56 Å². The van der Waals surface area contributed by atoms with E-state index in [1.165, 1.54) is 11.8 Å². The summed E-state index contributed by atoms with van der Waals surface area (Å²) in [7, 11) is 0. The Hall–Kier alpha value is -2.02. The third-order valence-corrected chi connectivity index (χ3v) is 4.52. The maximum Gasteiger partial charge on any atom is 0.313 e. The van der Waals surface area contributed by atoms with Crippen LogP contribution in [0.3, 0.4) is 0 Å². The molecule has 0 radical (unpaired) electrons. The number of amides is 2. The molecule has 1 fully saturated rings. The van der Waals surface area contributed by atoms with Crippen molar-refractivity contribution in [2.45, 2.75) is 13.0 Å². The fourth-order valence-corrected chi connectivity index (χ4v) is 3.02. The van der Waals surface area contributed by atoms with E-state index in [1.54, 1.807) is 4.90 Å². The number of carbonyl (C=O) groups is 3. The third-order valence-electron chi connectivity index (χ3n) is 3.57. The number of nitrogens with one attached hydrogen (secondary N) is 1. The Morgan fingerprint density at radius 3 is 2.74 bits per heavy atom. The highest BCUT2D eigenvalue weighted by molar-refractivity contribution is 7.99. The Morgan fingerprint density at radius 1 is 1.30 bits per heavy atom. The van der Waals surface area contributed by atoms with Gasteiger partial charge in [0.2, 0.25) is 11.8 Å².